The lowest BCUT2D eigenvalue weighted by atomic mass is 10.0. The third-order valence-corrected chi connectivity index (χ3v) is 5.24. The van der Waals surface area contributed by atoms with Crippen molar-refractivity contribution >= 4 is 39.2 Å². The number of hydrogen-bond donors (Lipinski definition) is 3. The quantitative estimate of drug-likeness (QED) is 0.248. The Kier molecular flexibility index (Phi) is 7.43. The Balaban J connectivity index is 1.42. The van der Waals surface area contributed by atoms with Gasteiger partial charge in [0.25, 0.3) is 5.91 Å². The molecule has 0 spiro atoms. The molecule has 0 radical (unpaired) electrons. The van der Waals surface area contributed by atoms with E-state index in [9.17, 15) is 22.8 Å². The zero-order valence-corrected chi connectivity index (χ0v) is 20.5. The second-order valence-electron chi connectivity index (χ2n) is 7.43. The van der Waals surface area contributed by atoms with Crippen molar-refractivity contribution in [3.05, 3.63) is 82.7 Å². The summed E-state index contributed by atoms with van der Waals surface area (Å²) in [6, 6.07) is 13.2. The van der Waals surface area contributed by atoms with Gasteiger partial charge in [-0.15, -0.1) is 0 Å². The summed E-state index contributed by atoms with van der Waals surface area (Å²) in [5, 5.41) is 10.9. The molecule has 9 nitrogen and oxygen atoms in total. The van der Waals surface area contributed by atoms with Gasteiger partial charge in [0.05, 0.1) is 5.56 Å². The molecular weight excluding hydrogens is 559 g/mol. The Morgan fingerprint density at radius 1 is 0.946 bits per heavy atom. The van der Waals surface area contributed by atoms with Gasteiger partial charge in [0, 0.05) is 42.3 Å². The van der Waals surface area contributed by atoms with Crippen LogP contribution < -0.4 is 20.7 Å². The minimum absolute atomic E-state index is 0.0725. The molecule has 13 heteroatoms. The van der Waals surface area contributed by atoms with E-state index < -0.39 is 17.8 Å². The number of nitrogens with zero attached hydrogens (tertiary/aromatic N) is 2. The van der Waals surface area contributed by atoms with E-state index in [0.29, 0.717) is 17.2 Å². The Bertz CT molecular complexity index is 1440. The molecule has 0 saturated carbocycles. The van der Waals surface area contributed by atoms with E-state index >= 15 is 0 Å². The lowest BCUT2D eigenvalue weighted by Gasteiger charge is -2.14. The maximum atomic E-state index is 13.6. The van der Waals surface area contributed by atoms with E-state index in [4.69, 9.17) is 9.26 Å². The van der Waals surface area contributed by atoms with Gasteiger partial charge in [-0.3, -0.25) is 9.78 Å². The smallest absolute Gasteiger partial charge is 0.417 e. The highest BCUT2D eigenvalue weighted by Crippen LogP contribution is 2.39. The van der Waals surface area contributed by atoms with Crippen LogP contribution in [0.25, 0.3) is 11.3 Å². The molecule has 4 aromatic rings. The van der Waals surface area contributed by atoms with Gasteiger partial charge in [-0.2, -0.15) is 13.2 Å². The van der Waals surface area contributed by atoms with Gasteiger partial charge in [0.2, 0.25) is 0 Å². The average Bonchev–Trinajstić information content (AvgIpc) is 3.30. The fourth-order valence-corrected chi connectivity index (χ4v) is 3.50. The molecule has 0 saturated heterocycles. The Morgan fingerprint density at radius 3 is 2.30 bits per heavy atom. The van der Waals surface area contributed by atoms with Gasteiger partial charge in [0.15, 0.2) is 5.76 Å². The molecular formula is C24H17BrF3N5O4. The van der Waals surface area contributed by atoms with Crippen molar-refractivity contribution in [2.24, 2.45) is 0 Å². The number of benzene rings is 2. The van der Waals surface area contributed by atoms with E-state index in [1.807, 2.05) is 0 Å². The third-order valence-electron chi connectivity index (χ3n) is 4.87. The first kappa shape index (κ1) is 25.7. The largest absolute Gasteiger partial charge is 0.457 e. The molecule has 0 fully saturated rings. The summed E-state index contributed by atoms with van der Waals surface area (Å²) >= 11 is 3.04. The van der Waals surface area contributed by atoms with Crippen LogP contribution >= 0.6 is 15.9 Å². The number of alkyl halides is 3. The van der Waals surface area contributed by atoms with Gasteiger partial charge in [0.1, 0.15) is 21.8 Å². The fourth-order valence-electron chi connectivity index (χ4n) is 3.21. The monoisotopic (exact) mass is 575 g/mol. The molecule has 2 heterocycles. The van der Waals surface area contributed by atoms with E-state index in [1.165, 1.54) is 37.5 Å². The average molecular weight is 576 g/mol. The number of urea groups is 1. The van der Waals surface area contributed by atoms with Gasteiger partial charge in [-0.1, -0.05) is 5.16 Å². The van der Waals surface area contributed by atoms with Crippen LogP contribution in [0.3, 0.4) is 0 Å². The fraction of sp³-hybridized carbons (Fsp3) is 0.0833. The van der Waals surface area contributed by atoms with E-state index in [2.05, 4.69) is 42.0 Å². The molecule has 3 amide bonds. The van der Waals surface area contributed by atoms with Gasteiger partial charge < -0.3 is 25.2 Å². The number of halogens is 4. The Labute approximate surface area is 216 Å². The molecule has 3 N–H and O–H groups in total. The number of rotatable bonds is 6. The summed E-state index contributed by atoms with van der Waals surface area (Å²) in [7, 11) is 1.49. The molecule has 0 aliphatic carbocycles. The lowest BCUT2D eigenvalue weighted by Crippen LogP contribution is -2.20. The standard InChI is InChI=1S/C24H17BrF3N5O4/c1-29-22(34)19-11-16(8-9-30-19)36-15-5-2-13(3-6-15)31-23(35)32-14-4-7-17(18(10-14)24(26,27)28)20-12-21(25)33-37-20/h2-12H,1H3,(H,29,34)(H2,31,32,35). The van der Waals surface area contributed by atoms with Crippen LogP contribution in [0.1, 0.15) is 16.1 Å². The van der Waals surface area contributed by atoms with Gasteiger partial charge >= 0.3 is 12.2 Å². The molecule has 0 bridgehead atoms. The van der Waals surface area contributed by atoms with E-state index in [-0.39, 0.29) is 33.2 Å². The molecule has 0 aliphatic rings. The number of aromatic nitrogens is 2. The number of hydrogen-bond acceptors (Lipinski definition) is 6. The van der Waals surface area contributed by atoms with Gasteiger partial charge in [-0.25, -0.2) is 4.79 Å². The second kappa shape index (κ2) is 10.7. The molecule has 0 unspecified atom stereocenters. The van der Waals surface area contributed by atoms with Crippen LogP contribution in [0, 0.1) is 0 Å². The highest BCUT2D eigenvalue weighted by molar-refractivity contribution is 9.10. The predicted octanol–water partition coefficient (Wildman–Crippen LogP) is 6.31. The van der Waals surface area contributed by atoms with Crippen molar-refractivity contribution in [3.8, 4) is 22.8 Å². The maximum Gasteiger partial charge on any atom is 0.417 e. The highest BCUT2D eigenvalue weighted by atomic mass is 79.9. The Morgan fingerprint density at radius 2 is 1.65 bits per heavy atom. The van der Waals surface area contributed by atoms with Crippen LogP contribution in [0.15, 0.2) is 76.0 Å². The van der Waals surface area contributed by atoms with Crippen molar-refractivity contribution < 1.29 is 32.0 Å². The number of pyridine rings is 1. The minimum atomic E-state index is -4.70. The summed E-state index contributed by atoms with van der Waals surface area (Å²) in [4.78, 5) is 28.1. The zero-order valence-electron chi connectivity index (χ0n) is 18.9. The molecule has 2 aromatic carbocycles. The zero-order chi connectivity index (χ0) is 26.6. The first-order valence-corrected chi connectivity index (χ1v) is 11.3. The topological polar surface area (TPSA) is 118 Å². The number of anilines is 2. The lowest BCUT2D eigenvalue weighted by molar-refractivity contribution is -0.137. The summed E-state index contributed by atoms with van der Waals surface area (Å²) in [6.07, 6.45) is -3.27. The van der Waals surface area contributed by atoms with Crippen LogP contribution in [-0.4, -0.2) is 29.1 Å². The SMILES string of the molecule is CNC(=O)c1cc(Oc2ccc(NC(=O)Nc3ccc(-c4cc(Br)no4)c(C(F)(F)F)c3)cc2)ccn1. The Hall–Kier alpha value is -4.39. The molecule has 0 atom stereocenters. The highest BCUT2D eigenvalue weighted by Gasteiger charge is 2.35. The van der Waals surface area contributed by atoms with Crippen LogP contribution in [-0.2, 0) is 6.18 Å². The van der Waals surface area contributed by atoms with Crippen molar-refractivity contribution in [2.75, 3.05) is 17.7 Å². The van der Waals surface area contributed by atoms with Crippen molar-refractivity contribution in [1.82, 2.24) is 15.5 Å². The first-order chi connectivity index (χ1) is 17.6. The van der Waals surface area contributed by atoms with Gasteiger partial charge in [-0.05, 0) is 64.5 Å². The third kappa shape index (κ3) is 6.44. The van der Waals surface area contributed by atoms with Crippen molar-refractivity contribution in [3.63, 3.8) is 0 Å². The van der Waals surface area contributed by atoms with E-state index in [1.54, 1.807) is 30.3 Å². The number of ether oxygens (including phenoxy) is 1. The molecule has 0 aliphatic heterocycles. The first-order valence-electron chi connectivity index (χ1n) is 10.5. The van der Waals surface area contributed by atoms with Crippen molar-refractivity contribution in [2.45, 2.75) is 6.18 Å². The van der Waals surface area contributed by atoms with Crippen LogP contribution in [0.4, 0.5) is 29.3 Å². The number of nitrogens with one attached hydrogen (secondary N) is 3. The summed E-state index contributed by atoms with van der Waals surface area (Å²) in [6.45, 7) is 0. The molecule has 190 valence electrons. The van der Waals surface area contributed by atoms with Crippen LogP contribution in [0.2, 0.25) is 0 Å². The number of amides is 3. The maximum absolute atomic E-state index is 13.6. The minimum Gasteiger partial charge on any atom is -0.457 e. The number of carbonyl (C=O) groups is 2. The molecule has 4 rings (SSSR count). The summed E-state index contributed by atoms with van der Waals surface area (Å²) in [5.74, 6) is 0.367. The van der Waals surface area contributed by atoms with Crippen molar-refractivity contribution in [1.29, 1.82) is 0 Å². The molecule has 37 heavy (non-hydrogen) atoms. The van der Waals surface area contributed by atoms with E-state index in [0.717, 1.165) is 6.07 Å². The molecule has 2 aromatic heterocycles. The number of carbonyl (C=O) groups excluding carboxylic acids is 2. The second-order valence-corrected chi connectivity index (χ2v) is 8.25. The van der Waals surface area contributed by atoms with Crippen LogP contribution in [0.5, 0.6) is 11.5 Å². The summed E-state index contributed by atoms with van der Waals surface area (Å²) < 4.78 is 51.8. The normalized spacial score (nSPS) is 11.1. The predicted molar refractivity (Wildman–Crippen MR) is 131 cm³/mol. The summed E-state index contributed by atoms with van der Waals surface area (Å²) in [5.41, 5.74) is -0.734.